The van der Waals surface area contributed by atoms with Gasteiger partial charge in [-0.3, -0.25) is 4.90 Å². The molecule has 2 N–H and O–H groups in total. The minimum absolute atomic E-state index is 0. The highest BCUT2D eigenvalue weighted by Crippen LogP contribution is 2.24. The number of nitrogens with two attached hydrogens (primary N) is 1. The van der Waals surface area contributed by atoms with Crippen LogP contribution in [0.5, 0.6) is 0 Å². The van der Waals surface area contributed by atoms with E-state index in [1.807, 2.05) is 0 Å². The van der Waals surface area contributed by atoms with Crippen molar-refractivity contribution >= 4 is 38.9 Å². The van der Waals surface area contributed by atoms with Crippen molar-refractivity contribution in [3.8, 4) is 0 Å². The monoisotopic (exact) mass is 390 g/mol. The number of rotatable bonds is 6. The van der Waals surface area contributed by atoms with Crippen LogP contribution in [0.25, 0.3) is 0 Å². The molecule has 2 rings (SSSR count). The lowest BCUT2D eigenvalue weighted by atomic mass is 10.0. The second-order valence-electron chi connectivity index (χ2n) is 5.38. The maximum atomic E-state index is 12.8. The molecule has 0 amide bonds. The van der Waals surface area contributed by atoms with Crippen molar-refractivity contribution in [1.82, 2.24) is 14.2 Å². The molecule has 1 fully saturated rings. The average Bonchev–Trinajstić information content (AvgIpc) is 2.82. The largest absolute Gasteiger partial charge is 0.375 e. The van der Waals surface area contributed by atoms with Crippen molar-refractivity contribution in [3.05, 3.63) is 11.1 Å². The number of piperidine rings is 1. The summed E-state index contributed by atoms with van der Waals surface area (Å²) < 4.78 is 50.1. The molecule has 2 heterocycles. The fraction of sp³-hybridized carbons (Fsp3) is 0.750. The van der Waals surface area contributed by atoms with Gasteiger partial charge in [-0.15, -0.1) is 23.7 Å². The summed E-state index contributed by atoms with van der Waals surface area (Å²) in [4.78, 5) is 6.48. The Labute approximate surface area is 145 Å². The molecule has 1 saturated heterocycles. The first-order valence-electron chi connectivity index (χ1n) is 6.93. The number of halogens is 3. The van der Waals surface area contributed by atoms with Crippen LogP contribution >= 0.6 is 23.7 Å². The molecule has 23 heavy (non-hydrogen) atoms. The number of alkyl halides is 2. The normalized spacial score (nSPS) is 17.6. The number of sulfonamides is 1. The Morgan fingerprint density at radius 1 is 1.48 bits per heavy atom. The zero-order valence-corrected chi connectivity index (χ0v) is 15.1. The minimum Gasteiger partial charge on any atom is -0.375 e. The Hall–Kier alpha value is -0.550. The first-order valence-corrected chi connectivity index (χ1v) is 9.59. The van der Waals surface area contributed by atoms with Gasteiger partial charge in [-0.1, -0.05) is 0 Å². The molecule has 134 valence electrons. The van der Waals surface area contributed by atoms with Gasteiger partial charge in [0.15, 0.2) is 5.13 Å². The summed E-state index contributed by atoms with van der Waals surface area (Å²) in [5, 5.41) is 0.416. The zero-order chi connectivity index (χ0) is 16.3. The lowest BCUT2D eigenvalue weighted by Crippen LogP contribution is -2.47. The van der Waals surface area contributed by atoms with Crippen LogP contribution in [0.3, 0.4) is 0 Å². The van der Waals surface area contributed by atoms with Gasteiger partial charge in [0.05, 0.1) is 12.8 Å². The molecular weight excluding hydrogens is 370 g/mol. The van der Waals surface area contributed by atoms with Crippen LogP contribution in [0, 0.1) is 0 Å². The van der Waals surface area contributed by atoms with Gasteiger partial charge in [-0.05, 0) is 12.8 Å². The molecule has 1 aromatic heterocycles. The van der Waals surface area contributed by atoms with E-state index in [0.717, 1.165) is 4.88 Å². The number of aromatic nitrogens is 1. The third kappa shape index (κ3) is 6.11. The molecule has 1 aliphatic heterocycles. The van der Waals surface area contributed by atoms with Crippen LogP contribution in [0.15, 0.2) is 6.20 Å². The summed E-state index contributed by atoms with van der Waals surface area (Å²) in [6.07, 6.45) is 1.44. The lowest BCUT2D eigenvalue weighted by Gasteiger charge is -2.37. The van der Waals surface area contributed by atoms with Crippen molar-refractivity contribution in [1.29, 1.82) is 0 Å². The van der Waals surface area contributed by atoms with Gasteiger partial charge in [-0.25, -0.2) is 26.5 Å². The third-order valence-electron chi connectivity index (χ3n) is 3.71. The molecule has 11 heteroatoms. The lowest BCUT2D eigenvalue weighted by molar-refractivity contribution is 0.0462. The van der Waals surface area contributed by atoms with Crippen molar-refractivity contribution in [2.24, 2.45) is 0 Å². The van der Waals surface area contributed by atoms with Crippen LogP contribution in [0.4, 0.5) is 13.9 Å². The molecule has 0 aromatic carbocycles. The Morgan fingerprint density at radius 2 is 2.09 bits per heavy atom. The molecule has 0 saturated carbocycles. The van der Waals surface area contributed by atoms with Crippen LogP contribution in [-0.2, 0) is 16.6 Å². The second kappa shape index (κ2) is 8.52. The highest BCUT2D eigenvalue weighted by Gasteiger charge is 2.30. The number of hydrogen-bond donors (Lipinski definition) is 1. The van der Waals surface area contributed by atoms with Gasteiger partial charge in [0.25, 0.3) is 6.43 Å². The molecule has 0 bridgehead atoms. The topological polar surface area (TPSA) is 79.5 Å². The maximum absolute atomic E-state index is 12.8. The standard InChI is InChI=1S/C12H20F2N4O2S2.ClH/c1-22(19,20)18-4-2-9(3-5-18)17(8-11(13)14)7-10-6-16-12(15)21-10;/h6,9,11H,2-5,7-8H2,1H3,(H2,15,16);1H. The predicted molar refractivity (Wildman–Crippen MR) is 89.6 cm³/mol. The molecule has 0 radical (unpaired) electrons. The summed E-state index contributed by atoms with van der Waals surface area (Å²) >= 11 is 1.29. The maximum Gasteiger partial charge on any atom is 0.251 e. The van der Waals surface area contributed by atoms with Crippen LogP contribution < -0.4 is 5.73 Å². The van der Waals surface area contributed by atoms with E-state index >= 15 is 0 Å². The van der Waals surface area contributed by atoms with Crippen molar-refractivity contribution < 1.29 is 17.2 Å². The van der Waals surface area contributed by atoms with Crippen molar-refractivity contribution in [3.63, 3.8) is 0 Å². The smallest absolute Gasteiger partial charge is 0.251 e. The molecule has 1 aliphatic rings. The van der Waals surface area contributed by atoms with E-state index in [2.05, 4.69) is 4.98 Å². The Bertz CT molecular complexity index is 592. The van der Waals surface area contributed by atoms with E-state index in [9.17, 15) is 17.2 Å². The molecule has 0 atom stereocenters. The number of anilines is 1. The van der Waals surface area contributed by atoms with Gasteiger partial charge in [-0.2, -0.15) is 0 Å². The van der Waals surface area contributed by atoms with E-state index in [1.54, 1.807) is 11.1 Å². The van der Waals surface area contributed by atoms with Crippen molar-refractivity contribution in [2.45, 2.75) is 31.9 Å². The Morgan fingerprint density at radius 3 is 2.52 bits per heavy atom. The average molecular weight is 391 g/mol. The molecular formula is C12H21ClF2N4O2S2. The van der Waals surface area contributed by atoms with Gasteiger partial charge in [0.2, 0.25) is 10.0 Å². The van der Waals surface area contributed by atoms with Crippen LogP contribution in [-0.4, -0.2) is 61.0 Å². The van der Waals surface area contributed by atoms with E-state index in [-0.39, 0.29) is 25.0 Å². The Kier molecular flexibility index (Phi) is 7.59. The molecule has 6 nitrogen and oxygen atoms in total. The summed E-state index contributed by atoms with van der Waals surface area (Å²) in [5.41, 5.74) is 5.57. The van der Waals surface area contributed by atoms with E-state index in [1.165, 1.54) is 21.9 Å². The third-order valence-corrected chi connectivity index (χ3v) is 5.83. The summed E-state index contributed by atoms with van der Waals surface area (Å²) in [7, 11) is -3.21. The van der Waals surface area contributed by atoms with Gasteiger partial charge in [0.1, 0.15) is 0 Å². The van der Waals surface area contributed by atoms with Crippen molar-refractivity contribution in [2.75, 3.05) is 31.6 Å². The molecule has 0 aliphatic carbocycles. The van der Waals surface area contributed by atoms with Crippen LogP contribution in [0.2, 0.25) is 0 Å². The van der Waals surface area contributed by atoms with E-state index < -0.39 is 16.4 Å². The first kappa shape index (κ1) is 20.5. The fourth-order valence-electron chi connectivity index (χ4n) is 2.65. The first-order chi connectivity index (χ1) is 10.3. The molecule has 0 spiro atoms. The SMILES string of the molecule is CS(=O)(=O)N1CCC(N(Cc2cnc(N)s2)CC(F)F)CC1.Cl. The summed E-state index contributed by atoms with van der Waals surface area (Å²) in [6.45, 7) is 0.770. The van der Waals surface area contributed by atoms with E-state index in [4.69, 9.17) is 5.73 Å². The number of thiazole rings is 1. The molecule has 1 aromatic rings. The summed E-state index contributed by atoms with van der Waals surface area (Å²) in [6, 6.07) is -0.0599. The second-order valence-corrected chi connectivity index (χ2v) is 8.51. The van der Waals surface area contributed by atoms with E-state index in [0.29, 0.717) is 37.6 Å². The van der Waals surface area contributed by atoms with Gasteiger partial charge < -0.3 is 5.73 Å². The van der Waals surface area contributed by atoms with Crippen LogP contribution in [0.1, 0.15) is 17.7 Å². The quantitative estimate of drug-likeness (QED) is 0.798. The number of hydrogen-bond acceptors (Lipinski definition) is 6. The van der Waals surface area contributed by atoms with Gasteiger partial charge >= 0.3 is 0 Å². The molecule has 0 unspecified atom stereocenters. The highest BCUT2D eigenvalue weighted by atomic mass is 35.5. The highest BCUT2D eigenvalue weighted by molar-refractivity contribution is 7.88. The van der Waals surface area contributed by atoms with Gasteiger partial charge in [0, 0.05) is 36.8 Å². The number of nitrogens with zero attached hydrogens (tertiary/aromatic N) is 3. The summed E-state index contributed by atoms with van der Waals surface area (Å²) in [5.74, 6) is 0. The zero-order valence-electron chi connectivity index (χ0n) is 12.7. The minimum atomic E-state index is -3.21. The predicted octanol–water partition coefficient (Wildman–Crippen LogP) is 1.64. The fourth-order valence-corrected chi connectivity index (χ4v) is 4.24. The number of nitrogen functional groups attached to an aromatic ring is 1. The Balaban J connectivity index is 0.00000264.